The molecule has 1 N–H and O–H groups in total. The zero-order chi connectivity index (χ0) is 12.7. The fourth-order valence-electron chi connectivity index (χ4n) is 2.36. The number of rotatable bonds is 4. The molecule has 3 unspecified atom stereocenters. The van der Waals surface area contributed by atoms with Crippen LogP contribution in [0, 0.1) is 11.0 Å². The van der Waals surface area contributed by atoms with Crippen LogP contribution in [0.5, 0.6) is 5.75 Å². The van der Waals surface area contributed by atoms with Gasteiger partial charge in [-0.15, -0.1) is 0 Å². The molecule has 1 aliphatic carbocycles. The lowest BCUT2D eigenvalue weighted by atomic mass is 10.2. The second kappa shape index (κ2) is 4.47. The van der Waals surface area contributed by atoms with Crippen LogP contribution in [-0.4, -0.2) is 25.4 Å². The van der Waals surface area contributed by atoms with Gasteiger partial charge in [-0.1, -0.05) is 0 Å². The number of benzene rings is 1. The Morgan fingerprint density at radius 1 is 1.39 bits per heavy atom. The second-order valence-electron chi connectivity index (χ2n) is 4.56. The quantitative estimate of drug-likeness (QED) is 0.636. The smallest absolute Gasteiger partial charge is 0.206 e. The van der Waals surface area contributed by atoms with Crippen LogP contribution in [0.2, 0.25) is 0 Å². The molecule has 1 heterocycles. The van der Waals surface area contributed by atoms with Gasteiger partial charge in [-0.25, -0.2) is 9.23 Å². The summed E-state index contributed by atoms with van der Waals surface area (Å²) in [5.74, 6) is -0.190. The second-order valence-corrected chi connectivity index (χ2v) is 4.56. The highest BCUT2D eigenvalue weighted by Gasteiger charge is 2.49. The topological polar surface area (TPSA) is 58.5 Å². The Bertz CT molecular complexity index is 446. The van der Waals surface area contributed by atoms with E-state index in [-0.39, 0.29) is 29.7 Å². The molecule has 0 spiro atoms. The van der Waals surface area contributed by atoms with Crippen LogP contribution < -0.4 is 9.96 Å². The Morgan fingerprint density at radius 3 is 2.78 bits per heavy atom. The molecule has 1 saturated heterocycles. The van der Waals surface area contributed by atoms with Gasteiger partial charge in [-0.05, 0) is 6.07 Å². The van der Waals surface area contributed by atoms with Gasteiger partial charge in [0.1, 0.15) is 11.9 Å². The van der Waals surface area contributed by atoms with Crippen molar-refractivity contribution in [2.45, 2.75) is 31.2 Å². The third-order valence-corrected chi connectivity index (χ3v) is 3.32. The molecule has 3 atom stereocenters. The Hall–Kier alpha value is -1.21. The molecule has 0 radical (unpaired) electrons. The molecule has 1 saturated carbocycles. The van der Waals surface area contributed by atoms with E-state index in [2.05, 4.69) is 4.84 Å². The Morgan fingerprint density at radius 2 is 2.11 bits per heavy atom. The van der Waals surface area contributed by atoms with Crippen molar-refractivity contribution in [3.63, 3.8) is 0 Å². The van der Waals surface area contributed by atoms with Gasteiger partial charge in [0.25, 0.3) is 0 Å². The van der Waals surface area contributed by atoms with E-state index < -0.39 is 11.0 Å². The van der Waals surface area contributed by atoms with E-state index in [1.807, 2.05) is 0 Å². The largest absolute Gasteiger partial charge is 0.595 e. The van der Waals surface area contributed by atoms with E-state index in [9.17, 15) is 9.60 Å². The zero-order valence-electron chi connectivity index (χ0n) is 9.89. The van der Waals surface area contributed by atoms with E-state index in [0.29, 0.717) is 0 Å². The summed E-state index contributed by atoms with van der Waals surface area (Å²) in [4.78, 5) is 4.65. The summed E-state index contributed by atoms with van der Waals surface area (Å²) in [6, 6.07) is 3.81. The first-order chi connectivity index (χ1) is 8.67. The molecular weight excluding hydrogens is 241 g/mol. The molecule has 2 aliphatic rings. The molecule has 0 amide bonds. The Kier molecular flexibility index (Phi) is 2.95. The van der Waals surface area contributed by atoms with Crippen molar-refractivity contribution in [3.8, 4) is 5.75 Å². The van der Waals surface area contributed by atoms with Crippen LogP contribution in [0.3, 0.4) is 0 Å². The molecule has 1 aliphatic heterocycles. The van der Waals surface area contributed by atoms with Crippen molar-refractivity contribution in [1.82, 2.24) is 0 Å². The van der Waals surface area contributed by atoms with Gasteiger partial charge in [0, 0.05) is 25.0 Å². The van der Waals surface area contributed by atoms with Gasteiger partial charge in [-0.2, -0.15) is 5.23 Å². The number of epoxide rings is 1. The average molecular weight is 255 g/mol. The molecule has 0 aromatic heterocycles. The van der Waals surface area contributed by atoms with Crippen molar-refractivity contribution in [1.29, 1.82) is 0 Å². The number of ether oxygens (including phenoxy) is 2. The maximum Gasteiger partial charge on any atom is 0.206 e. The van der Waals surface area contributed by atoms with Crippen LogP contribution in [0.25, 0.3) is 0 Å². The molecule has 5 nitrogen and oxygen atoms in total. The lowest BCUT2D eigenvalue weighted by Gasteiger charge is -2.22. The van der Waals surface area contributed by atoms with E-state index >= 15 is 0 Å². The highest BCUT2D eigenvalue weighted by atomic mass is 19.1. The minimum absolute atomic E-state index is 0.0149. The lowest BCUT2D eigenvalue weighted by molar-refractivity contribution is -0.992. The molecular formula is C12H14FNO4. The molecule has 3 rings (SSSR count). The van der Waals surface area contributed by atoms with E-state index in [0.717, 1.165) is 12.8 Å². The number of fused-ring (bicyclic) bond motifs is 1. The van der Waals surface area contributed by atoms with Crippen molar-refractivity contribution < 1.29 is 23.9 Å². The number of hydrogen-bond acceptors (Lipinski definition) is 4. The summed E-state index contributed by atoms with van der Waals surface area (Å²) in [7, 11) is 1.29. The summed E-state index contributed by atoms with van der Waals surface area (Å²) in [5.41, 5.74) is 0.250. The first-order valence-corrected chi connectivity index (χ1v) is 5.87. The average Bonchev–Trinajstić information content (AvgIpc) is 2.96. The minimum atomic E-state index is -0.524. The third kappa shape index (κ3) is 2.20. The predicted octanol–water partition coefficient (Wildman–Crippen LogP) is 0.710. The van der Waals surface area contributed by atoms with Crippen LogP contribution in [-0.2, 0) is 9.57 Å². The number of nitrogens with one attached hydrogen (secondary N) is 1. The molecule has 0 bridgehead atoms. The monoisotopic (exact) mass is 255 g/mol. The maximum absolute atomic E-state index is 13.2. The van der Waals surface area contributed by atoms with Crippen molar-refractivity contribution >= 4 is 5.69 Å². The fraction of sp³-hybridized carbons (Fsp3) is 0.500. The van der Waals surface area contributed by atoms with Crippen LogP contribution in [0.4, 0.5) is 10.1 Å². The predicted molar refractivity (Wildman–Crippen MR) is 59.7 cm³/mol. The molecule has 6 heteroatoms. The van der Waals surface area contributed by atoms with Gasteiger partial charge in [0.2, 0.25) is 5.69 Å². The summed E-state index contributed by atoms with van der Waals surface area (Å²) in [5, 5.41) is 11.0. The summed E-state index contributed by atoms with van der Waals surface area (Å²) >= 11 is 0. The number of quaternary nitrogens is 1. The van der Waals surface area contributed by atoms with Crippen LogP contribution in [0.15, 0.2) is 18.2 Å². The lowest BCUT2D eigenvalue weighted by Crippen LogP contribution is -3.00. The summed E-state index contributed by atoms with van der Waals surface area (Å²) < 4.78 is 24.2. The molecule has 98 valence electrons. The van der Waals surface area contributed by atoms with E-state index in [1.165, 1.54) is 25.3 Å². The number of halogens is 1. The molecule has 1 aromatic rings. The number of hydrogen-bond donors (Lipinski definition) is 1. The standard InChI is InChI=1S/C12H14FNO4/c1-16-14(15)9-3-2-7(13)4-10(9)17-8-5-11-12(6-8)18-11/h2-4,8,11-12,14H,5-6H2,1H3. The van der Waals surface area contributed by atoms with Gasteiger partial charge in [0.05, 0.1) is 19.3 Å². The summed E-state index contributed by atoms with van der Waals surface area (Å²) in [6.07, 6.45) is 2.14. The highest BCUT2D eigenvalue weighted by Crippen LogP contribution is 2.40. The van der Waals surface area contributed by atoms with Gasteiger partial charge >= 0.3 is 0 Å². The molecule has 18 heavy (non-hydrogen) atoms. The first-order valence-electron chi connectivity index (χ1n) is 5.87. The van der Waals surface area contributed by atoms with Gasteiger partial charge in [0.15, 0.2) is 5.75 Å². The van der Waals surface area contributed by atoms with E-state index in [4.69, 9.17) is 9.47 Å². The minimum Gasteiger partial charge on any atom is -0.595 e. The van der Waals surface area contributed by atoms with Crippen molar-refractivity contribution in [2.75, 3.05) is 7.11 Å². The van der Waals surface area contributed by atoms with Crippen LogP contribution >= 0.6 is 0 Å². The van der Waals surface area contributed by atoms with Crippen LogP contribution in [0.1, 0.15) is 12.8 Å². The van der Waals surface area contributed by atoms with Gasteiger partial charge in [-0.3, -0.25) is 0 Å². The Labute approximate surface area is 104 Å². The molecule has 1 aromatic carbocycles. The molecule has 2 fully saturated rings. The first kappa shape index (κ1) is 11.9. The zero-order valence-corrected chi connectivity index (χ0v) is 9.89. The highest BCUT2D eigenvalue weighted by molar-refractivity contribution is 5.46. The fourth-order valence-corrected chi connectivity index (χ4v) is 2.36. The SMILES string of the molecule is CO[NH+]([O-])c1ccc(F)cc1OC1CC2OC2C1. The van der Waals surface area contributed by atoms with E-state index in [1.54, 1.807) is 0 Å². The summed E-state index contributed by atoms with van der Waals surface area (Å²) in [6.45, 7) is 0. The normalized spacial score (nSPS) is 30.9. The maximum atomic E-state index is 13.2. The van der Waals surface area contributed by atoms with Crippen molar-refractivity contribution in [3.05, 3.63) is 29.2 Å². The third-order valence-electron chi connectivity index (χ3n) is 3.32. The van der Waals surface area contributed by atoms with Gasteiger partial charge < -0.3 is 14.7 Å². The van der Waals surface area contributed by atoms with Crippen molar-refractivity contribution in [2.24, 2.45) is 0 Å². The Balaban J connectivity index is 1.78.